The lowest BCUT2D eigenvalue weighted by atomic mass is 10.2. The molecular weight excluding hydrogens is 362 g/mol. The molecule has 8 nitrogen and oxygen atoms in total. The van der Waals surface area contributed by atoms with Crippen molar-refractivity contribution < 1.29 is 23.9 Å². The number of benzene rings is 1. The van der Waals surface area contributed by atoms with Gasteiger partial charge in [0.2, 0.25) is 5.91 Å². The summed E-state index contributed by atoms with van der Waals surface area (Å²) >= 11 is 0. The first-order chi connectivity index (χ1) is 13.2. The van der Waals surface area contributed by atoms with Gasteiger partial charge in [-0.3, -0.25) is 9.59 Å². The van der Waals surface area contributed by atoms with E-state index in [9.17, 15) is 14.4 Å². The Balaban J connectivity index is 1.87. The molecule has 0 aliphatic carbocycles. The number of carbonyl (C=O) groups is 3. The lowest BCUT2D eigenvalue weighted by Gasteiger charge is -2.23. The largest absolute Gasteiger partial charge is 0.497 e. The van der Waals surface area contributed by atoms with Gasteiger partial charge in [0.1, 0.15) is 17.9 Å². The molecule has 1 aliphatic rings. The topological polar surface area (TPSA) is 88.2 Å². The van der Waals surface area contributed by atoms with E-state index < -0.39 is 11.7 Å². The average molecular weight is 391 g/mol. The van der Waals surface area contributed by atoms with Crippen molar-refractivity contribution in [1.29, 1.82) is 0 Å². The van der Waals surface area contributed by atoms with Crippen LogP contribution in [0.1, 0.15) is 37.6 Å². The number of carbonyl (C=O) groups excluding carboxylic acids is 3. The van der Waals surface area contributed by atoms with Crippen LogP contribution in [0, 0.1) is 0 Å². The van der Waals surface area contributed by atoms with E-state index in [4.69, 9.17) is 9.47 Å². The lowest BCUT2D eigenvalue weighted by molar-refractivity contribution is -0.130. The van der Waals surface area contributed by atoms with E-state index in [1.165, 1.54) is 0 Å². The zero-order valence-corrected chi connectivity index (χ0v) is 17.0. The van der Waals surface area contributed by atoms with Gasteiger partial charge in [-0.05, 0) is 45.4 Å². The number of alkyl carbamates (subject to hydrolysis) is 1. The molecule has 0 bridgehead atoms. The second-order valence-electron chi connectivity index (χ2n) is 7.61. The zero-order chi connectivity index (χ0) is 20.7. The summed E-state index contributed by atoms with van der Waals surface area (Å²) in [5.74, 6) is 0.354. The Kier molecular flexibility index (Phi) is 7.25. The normalized spacial score (nSPS) is 14.9. The second-order valence-corrected chi connectivity index (χ2v) is 7.61. The number of hydrogen-bond acceptors (Lipinski definition) is 5. The van der Waals surface area contributed by atoms with Gasteiger partial charge < -0.3 is 24.6 Å². The number of rotatable bonds is 4. The summed E-state index contributed by atoms with van der Waals surface area (Å²) in [6.07, 6.45) is 0.0546. The fourth-order valence-corrected chi connectivity index (χ4v) is 2.88. The predicted octanol–water partition coefficient (Wildman–Crippen LogP) is 1.89. The van der Waals surface area contributed by atoms with E-state index in [0.29, 0.717) is 43.9 Å². The summed E-state index contributed by atoms with van der Waals surface area (Å²) in [6, 6.07) is 7.03. The fourth-order valence-electron chi connectivity index (χ4n) is 2.88. The third-order valence-electron chi connectivity index (χ3n) is 4.24. The SMILES string of the molecule is COc1cccc(C(=O)N2CCCN(C(=O)CNC(=O)OC(C)(C)C)CC2)c1. The van der Waals surface area contributed by atoms with Crippen molar-refractivity contribution in [3.05, 3.63) is 29.8 Å². The molecule has 28 heavy (non-hydrogen) atoms. The molecule has 1 fully saturated rings. The number of amides is 3. The molecule has 1 aliphatic heterocycles. The van der Waals surface area contributed by atoms with Crippen LogP contribution in [-0.4, -0.2) is 73.1 Å². The second kappa shape index (κ2) is 9.43. The van der Waals surface area contributed by atoms with Gasteiger partial charge in [-0.25, -0.2) is 4.79 Å². The quantitative estimate of drug-likeness (QED) is 0.847. The van der Waals surface area contributed by atoms with E-state index in [0.717, 1.165) is 0 Å². The smallest absolute Gasteiger partial charge is 0.408 e. The van der Waals surface area contributed by atoms with Crippen LogP contribution in [0.25, 0.3) is 0 Å². The minimum Gasteiger partial charge on any atom is -0.497 e. The Hall–Kier alpha value is -2.77. The van der Waals surface area contributed by atoms with E-state index in [2.05, 4.69) is 5.32 Å². The van der Waals surface area contributed by atoms with Crippen LogP contribution in [0.15, 0.2) is 24.3 Å². The number of ether oxygens (including phenoxy) is 2. The van der Waals surface area contributed by atoms with E-state index in [1.807, 2.05) is 0 Å². The highest BCUT2D eigenvalue weighted by atomic mass is 16.6. The highest BCUT2D eigenvalue weighted by Gasteiger charge is 2.24. The fraction of sp³-hybridized carbons (Fsp3) is 0.550. The molecule has 8 heteroatoms. The minimum atomic E-state index is -0.620. The Morgan fingerprint density at radius 1 is 1.07 bits per heavy atom. The molecule has 2 rings (SSSR count). The van der Waals surface area contributed by atoms with Gasteiger partial charge in [0.15, 0.2) is 0 Å². The average Bonchev–Trinajstić information content (AvgIpc) is 2.90. The maximum atomic E-state index is 12.7. The summed E-state index contributed by atoms with van der Waals surface area (Å²) in [4.78, 5) is 40.2. The van der Waals surface area contributed by atoms with E-state index in [1.54, 1.807) is 61.9 Å². The highest BCUT2D eigenvalue weighted by molar-refractivity contribution is 5.94. The molecule has 1 heterocycles. The van der Waals surface area contributed by atoms with Crippen LogP contribution in [-0.2, 0) is 9.53 Å². The number of hydrogen-bond donors (Lipinski definition) is 1. The van der Waals surface area contributed by atoms with Crippen molar-refractivity contribution in [2.24, 2.45) is 0 Å². The Labute approximate surface area is 165 Å². The standard InChI is InChI=1S/C20H29N3O5/c1-20(2,3)28-19(26)21-14-17(24)22-9-6-10-23(12-11-22)18(25)15-7-5-8-16(13-15)27-4/h5,7-8,13H,6,9-12,14H2,1-4H3,(H,21,26). The van der Waals surface area contributed by atoms with Crippen LogP contribution in [0.2, 0.25) is 0 Å². The van der Waals surface area contributed by atoms with Crippen LogP contribution in [0.5, 0.6) is 5.75 Å². The third-order valence-corrected chi connectivity index (χ3v) is 4.24. The van der Waals surface area contributed by atoms with Crippen LogP contribution >= 0.6 is 0 Å². The number of methoxy groups -OCH3 is 1. The molecule has 0 aromatic heterocycles. The van der Waals surface area contributed by atoms with Crippen molar-refractivity contribution in [3.63, 3.8) is 0 Å². The van der Waals surface area contributed by atoms with Gasteiger partial charge in [0, 0.05) is 31.7 Å². The Morgan fingerprint density at radius 3 is 2.43 bits per heavy atom. The molecule has 1 aromatic rings. The maximum Gasteiger partial charge on any atom is 0.408 e. The molecule has 0 unspecified atom stereocenters. The predicted molar refractivity (Wildman–Crippen MR) is 104 cm³/mol. The summed E-state index contributed by atoms with van der Waals surface area (Å²) in [7, 11) is 1.56. The van der Waals surface area contributed by atoms with Gasteiger partial charge >= 0.3 is 6.09 Å². The van der Waals surface area contributed by atoms with Crippen molar-refractivity contribution in [1.82, 2.24) is 15.1 Å². The summed E-state index contributed by atoms with van der Waals surface area (Å²) in [6.45, 7) is 7.12. The van der Waals surface area contributed by atoms with E-state index >= 15 is 0 Å². The molecule has 3 amide bonds. The number of nitrogens with one attached hydrogen (secondary N) is 1. The minimum absolute atomic E-state index is 0.0833. The Bertz CT molecular complexity index is 714. The van der Waals surface area contributed by atoms with Crippen molar-refractivity contribution in [3.8, 4) is 5.75 Å². The monoisotopic (exact) mass is 391 g/mol. The van der Waals surface area contributed by atoms with Gasteiger partial charge in [-0.1, -0.05) is 6.07 Å². The van der Waals surface area contributed by atoms with Crippen LogP contribution < -0.4 is 10.1 Å². The first-order valence-corrected chi connectivity index (χ1v) is 9.37. The summed E-state index contributed by atoms with van der Waals surface area (Å²) in [5, 5.41) is 2.48. The van der Waals surface area contributed by atoms with Gasteiger partial charge in [0.05, 0.1) is 7.11 Å². The number of nitrogens with zero attached hydrogens (tertiary/aromatic N) is 2. The third kappa shape index (κ3) is 6.44. The molecule has 1 N–H and O–H groups in total. The summed E-state index contributed by atoms with van der Waals surface area (Å²) < 4.78 is 10.3. The molecule has 0 atom stereocenters. The first-order valence-electron chi connectivity index (χ1n) is 9.37. The molecule has 0 radical (unpaired) electrons. The van der Waals surface area contributed by atoms with Crippen LogP contribution in [0.3, 0.4) is 0 Å². The lowest BCUT2D eigenvalue weighted by Crippen LogP contribution is -2.43. The molecular formula is C20H29N3O5. The zero-order valence-electron chi connectivity index (χ0n) is 17.0. The molecule has 1 saturated heterocycles. The first kappa shape index (κ1) is 21.5. The van der Waals surface area contributed by atoms with Crippen LogP contribution in [0.4, 0.5) is 4.79 Å². The maximum absolute atomic E-state index is 12.7. The van der Waals surface area contributed by atoms with Crippen molar-refractivity contribution in [2.45, 2.75) is 32.8 Å². The van der Waals surface area contributed by atoms with Gasteiger partial charge in [-0.15, -0.1) is 0 Å². The summed E-state index contributed by atoms with van der Waals surface area (Å²) in [5.41, 5.74) is -0.0535. The van der Waals surface area contributed by atoms with Crippen molar-refractivity contribution >= 4 is 17.9 Å². The van der Waals surface area contributed by atoms with Crippen molar-refractivity contribution in [2.75, 3.05) is 39.8 Å². The molecule has 154 valence electrons. The highest BCUT2D eigenvalue weighted by Crippen LogP contribution is 2.15. The van der Waals surface area contributed by atoms with E-state index in [-0.39, 0.29) is 18.4 Å². The molecule has 0 saturated carbocycles. The molecule has 0 spiro atoms. The van der Waals surface area contributed by atoms with Gasteiger partial charge in [0.25, 0.3) is 5.91 Å². The molecule has 1 aromatic carbocycles. The Morgan fingerprint density at radius 2 is 1.75 bits per heavy atom. The van der Waals surface area contributed by atoms with Gasteiger partial charge in [-0.2, -0.15) is 0 Å².